The van der Waals surface area contributed by atoms with Crippen LogP contribution in [0.1, 0.15) is 38.8 Å². The molecule has 0 saturated carbocycles. The van der Waals surface area contributed by atoms with Crippen molar-refractivity contribution in [2.45, 2.75) is 52.4 Å². The summed E-state index contributed by atoms with van der Waals surface area (Å²) in [6.07, 6.45) is -2.18. The minimum atomic E-state index is -4.15. The Kier molecular flexibility index (Phi) is 10.6. The molecule has 196 valence electrons. The average Bonchev–Trinajstić information content (AvgIpc) is 2.77. The van der Waals surface area contributed by atoms with Gasteiger partial charge in [-0.05, 0) is 57.4 Å². The van der Waals surface area contributed by atoms with Crippen LogP contribution in [0.3, 0.4) is 0 Å². The summed E-state index contributed by atoms with van der Waals surface area (Å²) in [5, 5.41) is 5.09. The van der Waals surface area contributed by atoms with Crippen molar-refractivity contribution < 1.29 is 37.8 Å². The molecule has 0 aliphatic carbocycles. The maximum atomic E-state index is 12.8. The molecule has 2 amide bonds. The number of carbonyl (C=O) groups excluding carboxylic acids is 3. The number of carbonyl (C=O) groups is 3. The lowest BCUT2D eigenvalue weighted by Gasteiger charge is -2.23. The molecular weight excluding hydrogens is 487 g/mol. The predicted octanol–water partition coefficient (Wildman–Crippen LogP) is 4.66. The van der Waals surface area contributed by atoms with Gasteiger partial charge in [-0.25, -0.2) is 9.59 Å². The number of alkyl carbamates (subject to hydrolysis) is 1. The zero-order valence-electron chi connectivity index (χ0n) is 20.9. The molecule has 0 heterocycles. The first-order valence-corrected chi connectivity index (χ1v) is 13.2. The predicted molar refractivity (Wildman–Crippen MR) is 135 cm³/mol. The van der Waals surface area contributed by atoms with Gasteiger partial charge in [0, 0.05) is 5.69 Å². The fourth-order valence-corrected chi connectivity index (χ4v) is 4.20. The molecule has 0 aromatic heterocycles. The molecule has 0 fully saturated rings. The van der Waals surface area contributed by atoms with Crippen molar-refractivity contribution in [1.82, 2.24) is 5.32 Å². The first kappa shape index (κ1) is 29.0. The molecule has 2 rings (SSSR count). The number of amides is 2. The summed E-state index contributed by atoms with van der Waals surface area (Å²) in [6.45, 7) is 6.66. The lowest BCUT2D eigenvalue weighted by Crippen LogP contribution is -2.45. The highest BCUT2D eigenvalue weighted by atomic mass is 31.2. The number of ether oxygens (including phenoxy) is 2. The van der Waals surface area contributed by atoms with E-state index in [2.05, 4.69) is 10.6 Å². The monoisotopic (exact) mass is 520 g/mol. The van der Waals surface area contributed by atoms with Gasteiger partial charge in [0.2, 0.25) is 0 Å². The van der Waals surface area contributed by atoms with E-state index in [1.807, 2.05) is 30.3 Å². The molecule has 0 aliphatic rings. The Balaban J connectivity index is 2.03. The van der Waals surface area contributed by atoms with Crippen LogP contribution in [0.5, 0.6) is 0 Å². The second-order valence-electron chi connectivity index (χ2n) is 8.97. The smallest absolute Gasteiger partial charge is 0.411 e. The first-order valence-electron chi connectivity index (χ1n) is 11.4. The Labute approximate surface area is 210 Å². The number of rotatable bonds is 11. The van der Waals surface area contributed by atoms with Gasteiger partial charge in [-0.3, -0.25) is 14.7 Å². The molecule has 2 aromatic rings. The highest BCUT2D eigenvalue weighted by Gasteiger charge is 2.31. The molecule has 2 aromatic carbocycles. The van der Waals surface area contributed by atoms with Crippen LogP contribution in [0.4, 0.5) is 15.3 Å². The summed E-state index contributed by atoms with van der Waals surface area (Å²) < 4.78 is 27.3. The molecule has 2 unspecified atom stereocenters. The standard InChI is InChI=1S/C25H33N2O8P/c1-5-34-36(31,32)17-22(28)21(27-24(30)35-25(2,3)4)15-18-11-13-20(14-12-18)26-23(29)33-16-19-9-7-6-8-10-19/h6-14,21H,5,15-17H2,1-4H3,(H,26,29)(H,27,30)(H,31,32). The van der Waals surface area contributed by atoms with Crippen LogP contribution < -0.4 is 10.6 Å². The summed E-state index contributed by atoms with van der Waals surface area (Å²) in [6, 6.07) is 14.7. The lowest BCUT2D eigenvalue weighted by molar-refractivity contribution is -0.118. The largest absolute Gasteiger partial charge is 0.444 e. The number of ketones is 1. The van der Waals surface area contributed by atoms with Gasteiger partial charge < -0.3 is 24.2 Å². The normalized spacial score (nSPS) is 13.7. The van der Waals surface area contributed by atoms with Gasteiger partial charge in [0.25, 0.3) is 0 Å². The third-order valence-corrected chi connectivity index (χ3v) is 5.99. The summed E-state index contributed by atoms with van der Waals surface area (Å²) in [4.78, 5) is 47.0. The summed E-state index contributed by atoms with van der Waals surface area (Å²) >= 11 is 0. The minimum Gasteiger partial charge on any atom is -0.444 e. The van der Waals surface area contributed by atoms with Crippen LogP contribution in [0.2, 0.25) is 0 Å². The molecule has 0 saturated heterocycles. The second-order valence-corrected chi connectivity index (χ2v) is 10.8. The number of Topliss-reactive ketones (excluding diaryl/α,β-unsaturated/α-hetero) is 1. The van der Waals surface area contributed by atoms with Crippen molar-refractivity contribution >= 4 is 31.3 Å². The van der Waals surface area contributed by atoms with Crippen molar-refractivity contribution in [1.29, 1.82) is 0 Å². The van der Waals surface area contributed by atoms with Crippen molar-refractivity contribution in [3.63, 3.8) is 0 Å². The van der Waals surface area contributed by atoms with E-state index in [1.54, 1.807) is 45.0 Å². The van der Waals surface area contributed by atoms with E-state index >= 15 is 0 Å². The molecule has 0 spiro atoms. The van der Waals surface area contributed by atoms with Crippen LogP contribution in [0, 0.1) is 0 Å². The van der Waals surface area contributed by atoms with E-state index in [4.69, 9.17) is 14.0 Å². The maximum absolute atomic E-state index is 12.8. The van der Waals surface area contributed by atoms with E-state index in [0.717, 1.165) is 5.56 Å². The topological polar surface area (TPSA) is 140 Å². The zero-order valence-corrected chi connectivity index (χ0v) is 21.7. The van der Waals surface area contributed by atoms with Gasteiger partial charge in [0.15, 0.2) is 5.78 Å². The van der Waals surface area contributed by atoms with Crippen LogP contribution in [0.15, 0.2) is 54.6 Å². The Bertz CT molecular complexity index is 1070. The van der Waals surface area contributed by atoms with Gasteiger partial charge >= 0.3 is 19.8 Å². The van der Waals surface area contributed by atoms with E-state index in [-0.39, 0.29) is 19.6 Å². The SMILES string of the molecule is CCOP(=O)(O)CC(=O)C(Cc1ccc(NC(=O)OCc2ccccc2)cc1)NC(=O)OC(C)(C)C. The molecule has 0 bridgehead atoms. The fourth-order valence-electron chi connectivity index (χ4n) is 3.09. The highest BCUT2D eigenvalue weighted by molar-refractivity contribution is 7.53. The van der Waals surface area contributed by atoms with Crippen molar-refractivity contribution in [2.24, 2.45) is 0 Å². The third kappa shape index (κ3) is 11.0. The number of nitrogens with one attached hydrogen (secondary N) is 2. The Hall–Kier alpha value is -3.20. The van der Waals surface area contributed by atoms with Crippen LogP contribution in [0.25, 0.3) is 0 Å². The summed E-state index contributed by atoms with van der Waals surface area (Å²) in [7, 11) is -4.15. The van der Waals surface area contributed by atoms with E-state index in [1.165, 1.54) is 6.92 Å². The zero-order chi connectivity index (χ0) is 26.8. The quantitative estimate of drug-likeness (QED) is 0.364. The third-order valence-electron chi connectivity index (χ3n) is 4.62. The maximum Gasteiger partial charge on any atom is 0.411 e. The Morgan fingerprint density at radius 1 is 0.972 bits per heavy atom. The van der Waals surface area contributed by atoms with Crippen molar-refractivity contribution in [2.75, 3.05) is 18.1 Å². The minimum absolute atomic E-state index is 0.0307. The Morgan fingerprint density at radius 2 is 1.61 bits per heavy atom. The van der Waals surface area contributed by atoms with Crippen LogP contribution >= 0.6 is 7.60 Å². The number of anilines is 1. The van der Waals surface area contributed by atoms with Gasteiger partial charge in [-0.15, -0.1) is 0 Å². The first-order chi connectivity index (χ1) is 16.9. The van der Waals surface area contributed by atoms with Crippen molar-refractivity contribution in [3.05, 3.63) is 65.7 Å². The van der Waals surface area contributed by atoms with E-state index in [9.17, 15) is 23.8 Å². The molecule has 3 N–H and O–H groups in total. The van der Waals surface area contributed by atoms with Crippen LogP contribution in [-0.2, 0) is 36.4 Å². The summed E-state index contributed by atoms with van der Waals surface area (Å²) in [5.41, 5.74) is 1.17. The van der Waals surface area contributed by atoms with E-state index in [0.29, 0.717) is 11.3 Å². The fraction of sp³-hybridized carbons (Fsp3) is 0.400. The molecular formula is C25H33N2O8P. The highest BCUT2D eigenvalue weighted by Crippen LogP contribution is 2.41. The average molecular weight is 521 g/mol. The van der Waals surface area contributed by atoms with Gasteiger partial charge in [-0.1, -0.05) is 42.5 Å². The van der Waals surface area contributed by atoms with E-state index < -0.39 is 43.4 Å². The molecule has 0 radical (unpaired) electrons. The molecule has 11 heteroatoms. The molecule has 36 heavy (non-hydrogen) atoms. The summed E-state index contributed by atoms with van der Waals surface area (Å²) in [5.74, 6) is -0.674. The van der Waals surface area contributed by atoms with Gasteiger partial charge in [-0.2, -0.15) is 0 Å². The lowest BCUT2D eigenvalue weighted by atomic mass is 10.0. The molecule has 2 atom stereocenters. The molecule has 0 aliphatic heterocycles. The number of hydrogen-bond acceptors (Lipinski definition) is 7. The van der Waals surface area contributed by atoms with Gasteiger partial charge in [0.1, 0.15) is 18.4 Å². The number of benzene rings is 2. The number of hydrogen-bond donors (Lipinski definition) is 3. The van der Waals surface area contributed by atoms with Crippen molar-refractivity contribution in [3.8, 4) is 0 Å². The Morgan fingerprint density at radius 3 is 2.19 bits per heavy atom. The van der Waals surface area contributed by atoms with Crippen LogP contribution in [-0.4, -0.2) is 47.3 Å². The van der Waals surface area contributed by atoms with Gasteiger partial charge in [0.05, 0.1) is 12.6 Å². The molecule has 10 nitrogen and oxygen atoms in total. The second kappa shape index (κ2) is 13.2.